The van der Waals surface area contributed by atoms with Gasteiger partial charge in [-0.05, 0) is 61.1 Å². The molecule has 0 fully saturated rings. The van der Waals surface area contributed by atoms with Gasteiger partial charge in [0, 0.05) is 18.7 Å². The molecule has 2 aliphatic rings. The van der Waals surface area contributed by atoms with Crippen LogP contribution in [0.2, 0.25) is 0 Å². The predicted molar refractivity (Wildman–Crippen MR) is 102 cm³/mol. The Kier molecular flexibility index (Phi) is 4.68. The summed E-state index contributed by atoms with van der Waals surface area (Å²) in [5.41, 5.74) is 6.46. The standard InChI is InChI=1S/C22H26N2O2/c1-24-14-18-7-4-3-6-16(18)11-20(24)22(25)23-13-19-10-15-8-5-9-17(15)12-21(19)26-2/h3-4,6-7,10,12,20H,5,8-9,11,13-14H2,1-2H3,(H,23,25)/t20-/m1/s1. The number of nitrogens with one attached hydrogen (secondary N) is 1. The second kappa shape index (κ2) is 7.12. The molecule has 0 aromatic heterocycles. The molecule has 1 aliphatic carbocycles. The van der Waals surface area contributed by atoms with Crippen LogP contribution in [0.25, 0.3) is 0 Å². The molecule has 0 radical (unpaired) electrons. The molecule has 4 nitrogen and oxygen atoms in total. The summed E-state index contributed by atoms with van der Waals surface area (Å²) in [6, 6.07) is 12.6. The van der Waals surface area contributed by atoms with Crippen LogP contribution in [0.1, 0.15) is 34.2 Å². The van der Waals surface area contributed by atoms with Gasteiger partial charge in [-0.1, -0.05) is 30.3 Å². The highest BCUT2D eigenvalue weighted by molar-refractivity contribution is 5.82. The fourth-order valence-electron chi connectivity index (χ4n) is 4.23. The van der Waals surface area contributed by atoms with E-state index in [9.17, 15) is 4.79 Å². The van der Waals surface area contributed by atoms with Crippen molar-refractivity contribution >= 4 is 5.91 Å². The van der Waals surface area contributed by atoms with Crippen LogP contribution < -0.4 is 10.1 Å². The number of amides is 1. The number of carbonyl (C=O) groups excluding carboxylic acids is 1. The number of rotatable bonds is 4. The average Bonchev–Trinajstić information content (AvgIpc) is 3.12. The predicted octanol–water partition coefficient (Wildman–Crippen LogP) is 2.86. The number of methoxy groups -OCH3 is 1. The van der Waals surface area contributed by atoms with Gasteiger partial charge in [0.05, 0.1) is 13.2 Å². The average molecular weight is 350 g/mol. The van der Waals surface area contributed by atoms with Gasteiger partial charge in [0.25, 0.3) is 0 Å². The molecule has 0 unspecified atom stereocenters. The summed E-state index contributed by atoms with van der Waals surface area (Å²) in [7, 11) is 3.73. The van der Waals surface area contributed by atoms with Crippen LogP contribution in [0.4, 0.5) is 0 Å². The Balaban J connectivity index is 1.46. The Hall–Kier alpha value is -2.33. The van der Waals surface area contributed by atoms with Gasteiger partial charge >= 0.3 is 0 Å². The van der Waals surface area contributed by atoms with E-state index >= 15 is 0 Å². The van der Waals surface area contributed by atoms with Crippen LogP contribution in [0.15, 0.2) is 36.4 Å². The van der Waals surface area contributed by atoms with E-state index < -0.39 is 0 Å². The summed E-state index contributed by atoms with van der Waals surface area (Å²) in [5.74, 6) is 0.970. The van der Waals surface area contributed by atoms with E-state index in [0.29, 0.717) is 6.54 Å². The zero-order valence-corrected chi connectivity index (χ0v) is 15.5. The first-order valence-electron chi connectivity index (χ1n) is 9.39. The van der Waals surface area contributed by atoms with Gasteiger partial charge in [0.2, 0.25) is 5.91 Å². The molecule has 4 heteroatoms. The highest BCUT2D eigenvalue weighted by Crippen LogP contribution is 2.30. The number of hydrogen-bond donors (Lipinski definition) is 1. The summed E-state index contributed by atoms with van der Waals surface area (Å²) in [6.07, 6.45) is 4.23. The van der Waals surface area contributed by atoms with Gasteiger partial charge in [-0.15, -0.1) is 0 Å². The van der Waals surface area contributed by atoms with Gasteiger partial charge in [0.15, 0.2) is 0 Å². The fourth-order valence-corrected chi connectivity index (χ4v) is 4.23. The third-order valence-corrected chi connectivity index (χ3v) is 5.73. The molecule has 2 aromatic carbocycles. The molecule has 0 spiro atoms. The highest BCUT2D eigenvalue weighted by Gasteiger charge is 2.29. The van der Waals surface area contributed by atoms with Crippen molar-refractivity contribution in [3.8, 4) is 5.75 Å². The molecule has 0 saturated carbocycles. The molecular formula is C22H26N2O2. The van der Waals surface area contributed by atoms with Crippen LogP contribution in [0.3, 0.4) is 0 Å². The first-order chi connectivity index (χ1) is 12.7. The first kappa shape index (κ1) is 17.1. The lowest BCUT2D eigenvalue weighted by atomic mass is 9.94. The number of fused-ring (bicyclic) bond motifs is 2. The van der Waals surface area contributed by atoms with Gasteiger partial charge in [-0.3, -0.25) is 9.69 Å². The highest BCUT2D eigenvalue weighted by atomic mass is 16.5. The number of hydrogen-bond acceptors (Lipinski definition) is 3. The lowest BCUT2D eigenvalue weighted by Crippen LogP contribution is -2.48. The minimum Gasteiger partial charge on any atom is -0.496 e. The number of nitrogens with zero attached hydrogens (tertiary/aromatic N) is 1. The summed E-state index contributed by atoms with van der Waals surface area (Å²) >= 11 is 0. The molecule has 1 atom stereocenters. The summed E-state index contributed by atoms with van der Waals surface area (Å²) in [5, 5.41) is 3.14. The van der Waals surface area contributed by atoms with E-state index in [2.05, 4.69) is 46.6 Å². The molecule has 136 valence electrons. The van der Waals surface area contributed by atoms with Gasteiger partial charge in [-0.2, -0.15) is 0 Å². The van der Waals surface area contributed by atoms with Crippen LogP contribution in [-0.4, -0.2) is 31.0 Å². The maximum absolute atomic E-state index is 12.8. The molecule has 0 bridgehead atoms. The van der Waals surface area contributed by atoms with Gasteiger partial charge in [-0.25, -0.2) is 0 Å². The SMILES string of the molecule is COc1cc2c(cc1CNC(=O)[C@H]1Cc3ccccc3CN1C)CCC2. The Morgan fingerprint density at radius 3 is 2.65 bits per heavy atom. The van der Waals surface area contributed by atoms with Crippen molar-refractivity contribution in [2.75, 3.05) is 14.2 Å². The third kappa shape index (κ3) is 3.21. The van der Waals surface area contributed by atoms with Crippen molar-refractivity contribution in [2.45, 2.75) is 44.8 Å². The maximum Gasteiger partial charge on any atom is 0.237 e. The van der Waals surface area contributed by atoms with E-state index in [1.807, 2.05) is 7.05 Å². The fraction of sp³-hybridized carbons (Fsp3) is 0.409. The monoisotopic (exact) mass is 350 g/mol. The van der Waals surface area contributed by atoms with Crippen molar-refractivity contribution in [1.29, 1.82) is 0 Å². The zero-order valence-electron chi connectivity index (χ0n) is 15.5. The number of carbonyl (C=O) groups is 1. The van der Waals surface area contributed by atoms with Crippen molar-refractivity contribution in [3.05, 3.63) is 64.2 Å². The number of likely N-dealkylation sites (N-methyl/N-ethyl adjacent to an activating group) is 1. The Bertz CT molecular complexity index is 831. The summed E-state index contributed by atoms with van der Waals surface area (Å²) in [6.45, 7) is 1.33. The lowest BCUT2D eigenvalue weighted by molar-refractivity contribution is -0.126. The number of benzene rings is 2. The Morgan fingerprint density at radius 2 is 1.88 bits per heavy atom. The molecule has 1 N–H and O–H groups in total. The van der Waals surface area contributed by atoms with E-state index in [4.69, 9.17) is 4.74 Å². The zero-order chi connectivity index (χ0) is 18.1. The van der Waals surface area contributed by atoms with E-state index in [1.165, 1.54) is 28.7 Å². The van der Waals surface area contributed by atoms with Crippen molar-refractivity contribution < 1.29 is 9.53 Å². The quantitative estimate of drug-likeness (QED) is 0.922. The van der Waals surface area contributed by atoms with Crippen molar-refractivity contribution in [1.82, 2.24) is 10.2 Å². The van der Waals surface area contributed by atoms with Crippen molar-refractivity contribution in [2.24, 2.45) is 0 Å². The summed E-state index contributed by atoms with van der Waals surface area (Å²) < 4.78 is 5.55. The van der Waals surface area contributed by atoms with Gasteiger partial charge in [0.1, 0.15) is 5.75 Å². The van der Waals surface area contributed by atoms with Crippen LogP contribution in [-0.2, 0) is 37.1 Å². The largest absolute Gasteiger partial charge is 0.496 e. The molecule has 1 amide bonds. The van der Waals surface area contributed by atoms with Crippen LogP contribution in [0.5, 0.6) is 5.75 Å². The Labute approximate surface area is 155 Å². The lowest BCUT2D eigenvalue weighted by Gasteiger charge is -2.33. The normalized spacial score (nSPS) is 18.9. The molecule has 26 heavy (non-hydrogen) atoms. The smallest absolute Gasteiger partial charge is 0.237 e. The molecule has 1 heterocycles. The number of ether oxygens (including phenoxy) is 1. The molecule has 2 aromatic rings. The van der Waals surface area contributed by atoms with Crippen molar-refractivity contribution in [3.63, 3.8) is 0 Å². The van der Waals surface area contributed by atoms with Gasteiger partial charge < -0.3 is 10.1 Å². The van der Waals surface area contributed by atoms with Crippen LogP contribution >= 0.6 is 0 Å². The topological polar surface area (TPSA) is 41.6 Å². The minimum absolute atomic E-state index is 0.0876. The molecule has 1 aliphatic heterocycles. The minimum atomic E-state index is -0.120. The summed E-state index contributed by atoms with van der Waals surface area (Å²) in [4.78, 5) is 15.0. The van der Waals surface area contributed by atoms with E-state index in [1.54, 1.807) is 7.11 Å². The van der Waals surface area contributed by atoms with E-state index in [0.717, 1.165) is 37.1 Å². The third-order valence-electron chi connectivity index (χ3n) is 5.73. The molecular weight excluding hydrogens is 324 g/mol. The second-order valence-corrected chi connectivity index (χ2v) is 7.41. The molecule has 0 saturated heterocycles. The van der Waals surface area contributed by atoms with E-state index in [-0.39, 0.29) is 11.9 Å². The Morgan fingerprint density at radius 1 is 1.15 bits per heavy atom. The molecule has 4 rings (SSSR count). The second-order valence-electron chi connectivity index (χ2n) is 7.41. The van der Waals surface area contributed by atoms with Crippen LogP contribution in [0, 0.1) is 0 Å². The number of aryl methyl sites for hydroxylation is 2. The maximum atomic E-state index is 12.8. The first-order valence-corrected chi connectivity index (χ1v) is 9.39.